The first kappa shape index (κ1) is 25.1. The molecule has 28 heavy (non-hydrogen) atoms. The van der Waals surface area contributed by atoms with Gasteiger partial charge in [-0.2, -0.15) is 12.6 Å². The highest BCUT2D eigenvalue weighted by Crippen LogP contribution is 1.99. The van der Waals surface area contributed by atoms with E-state index in [4.69, 9.17) is 21.1 Å². The van der Waals surface area contributed by atoms with Gasteiger partial charge in [0.05, 0.1) is 18.9 Å². The van der Waals surface area contributed by atoms with Crippen LogP contribution in [0.1, 0.15) is 19.8 Å². The van der Waals surface area contributed by atoms with Gasteiger partial charge in [-0.15, -0.1) is 0 Å². The molecule has 0 aliphatic rings. The first-order chi connectivity index (χ1) is 12.9. The Kier molecular flexibility index (Phi) is 10.6. The lowest BCUT2D eigenvalue weighted by molar-refractivity contribution is -0.143. The molecule has 4 unspecified atom stereocenters. The predicted octanol–water partition coefficient (Wildman–Crippen LogP) is -3.25. The first-order valence-corrected chi connectivity index (χ1v) is 8.46. The van der Waals surface area contributed by atoms with Gasteiger partial charge in [0.15, 0.2) is 0 Å². The maximum Gasteiger partial charge on any atom is 0.327 e. The summed E-state index contributed by atoms with van der Waals surface area (Å²) in [6.45, 7) is 1.21. The van der Waals surface area contributed by atoms with Crippen molar-refractivity contribution in [2.24, 2.45) is 5.73 Å². The first-order valence-electron chi connectivity index (χ1n) is 7.83. The summed E-state index contributed by atoms with van der Waals surface area (Å²) >= 11 is 3.77. The Balaban J connectivity index is 5.03. The van der Waals surface area contributed by atoms with Crippen LogP contribution in [0.3, 0.4) is 0 Å². The number of carboxylic acids is 3. The van der Waals surface area contributed by atoms with Crippen molar-refractivity contribution in [2.75, 3.05) is 5.75 Å². The van der Waals surface area contributed by atoms with E-state index in [0.717, 1.165) is 0 Å². The van der Waals surface area contributed by atoms with Gasteiger partial charge in [0, 0.05) is 5.75 Å². The lowest BCUT2D eigenvalue weighted by Crippen LogP contribution is -2.57. The minimum Gasteiger partial charge on any atom is -0.481 e. The molecule has 0 aromatic carbocycles. The second-order valence-electron chi connectivity index (χ2n) is 5.68. The molecule has 0 fully saturated rings. The zero-order valence-electron chi connectivity index (χ0n) is 14.7. The fraction of sp³-hybridized carbons (Fsp3) is 0.571. The fourth-order valence-corrected chi connectivity index (χ4v) is 2.05. The molecule has 3 amide bonds. The van der Waals surface area contributed by atoms with E-state index in [0.29, 0.717) is 0 Å². The largest absolute Gasteiger partial charge is 0.481 e. The molecule has 14 heteroatoms. The zero-order valence-corrected chi connectivity index (χ0v) is 15.6. The number of hydrogen-bond donors (Lipinski definition) is 8. The summed E-state index contributed by atoms with van der Waals surface area (Å²) in [6, 6.07) is -5.73. The van der Waals surface area contributed by atoms with Crippen LogP contribution in [0.5, 0.6) is 0 Å². The minimum absolute atomic E-state index is 0.207. The summed E-state index contributed by atoms with van der Waals surface area (Å²) in [6.07, 6.45) is -1.60. The lowest BCUT2D eigenvalue weighted by Gasteiger charge is -2.22. The van der Waals surface area contributed by atoms with Crippen LogP contribution in [0.2, 0.25) is 0 Å². The highest BCUT2D eigenvalue weighted by molar-refractivity contribution is 7.80. The number of thiol groups is 1. The van der Waals surface area contributed by atoms with Gasteiger partial charge in [-0.05, 0) is 6.92 Å². The van der Waals surface area contributed by atoms with Gasteiger partial charge in [-0.25, -0.2) is 4.79 Å². The molecule has 8 N–H and O–H groups in total. The Morgan fingerprint density at radius 1 is 0.821 bits per heavy atom. The summed E-state index contributed by atoms with van der Waals surface area (Å²) < 4.78 is 0. The van der Waals surface area contributed by atoms with Crippen molar-refractivity contribution in [3.63, 3.8) is 0 Å². The maximum absolute atomic E-state index is 12.2. The monoisotopic (exact) mass is 422 g/mol. The molecule has 4 atom stereocenters. The summed E-state index contributed by atoms with van der Waals surface area (Å²) in [5.41, 5.74) is 5.35. The molecule has 0 saturated heterocycles. The van der Waals surface area contributed by atoms with Crippen LogP contribution in [0.4, 0.5) is 0 Å². The smallest absolute Gasteiger partial charge is 0.327 e. The van der Waals surface area contributed by atoms with E-state index in [1.54, 1.807) is 0 Å². The fourth-order valence-electron chi connectivity index (χ4n) is 1.81. The standard InChI is InChI=1S/C14H22N4O9S/c1-5(11(23)18-8(4-28)14(26)27)16-13(25)7(3-10(21)22)17-12(24)6(15)2-9(19)20/h5-8,28H,2-4,15H2,1H3,(H,16,25)(H,17,24)(H,18,23)(H,19,20)(H,21,22)(H,26,27). The number of nitrogens with two attached hydrogens (primary N) is 1. The van der Waals surface area contributed by atoms with Gasteiger partial charge in [-0.1, -0.05) is 0 Å². The van der Waals surface area contributed by atoms with Crippen molar-refractivity contribution in [1.29, 1.82) is 0 Å². The third-order valence-electron chi connectivity index (χ3n) is 3.29. The SMILES string of the molecule is CC(NC(=O)C(CC(=O)O)NC(=O)C(N)CC(=O)O)C(=O)NC(CS)C(=O)O. The number of amides is 3. The highest BCUT2D eigenvalue weighted by Gasteiger charge is 2.29. The average Bonchev–Trinajstić information content (AvgIpc) is 2.57. The van der Waals surface area contributed by atoms with Gasteiger partial charge in [0.2, 0.25) is 17.7 Å². The molecule has 0 aromatic heterocycles. The second kappa shape index (κ2) is 11.8. The quantitative estimate of drug-likeness (QED) is 0.147. The van der Waals surface area contributed by atoms with Crippen molar-refractivity contribution < 1.29 is 44.1 Å². The highest BCUT2D eigenvalue weighted by atomic mass is 32.1. The predicted molar refractivity (Wildman–Crippen MR) is 95.4 cm³/mol. The van der Waals surface area contributed by atoms with Crippen LogP contribution in [-0.2, 0) is 28.8 Å². The second-order valence-corrected chi connectivity index (χ2v) is 6.04. The molecule has 0 aliphatic carbocycles. The van der Waals surface area contributed by atoms with Crippen LogP contribution < -0.4 is 21.7 Å². The zero-order chi connectivity index (χ0) is 22.0. The van der Waals surface area contributed by atoms with Crippen LogP contribution in [-0.4, -0.2) is 80.9 Å². The van der Waals surface area contributed by atoms with Crippen LogP contribution in [0, 0.1) is 0 Å². The van der Waals surface area contributed by atoms with E-state index in [1.807, 2.05) is 5.32 Å². The maximum atomic E-state index is 12.2. The van der Waals surface area contributed by atoms with E-state index in [-0.39, 0.29) is 5.75 Å². The van der Waals surface area contributed by atoms with E-state index in [2.05, 4.69) is 23.3 Å². The molecule has 0 bridgehead atoms. The molecule has 0 aliphatic heterocycles. The average molecular weight is 422 g/mol. The molecular formula is C14H22N4O9S. The molecule has 0 aromatic rings. The van der Waals surface area contributed by atoms with Crippen molar-refractivity contribution in [3.8, 4) is 0 Å². The van der Waals surface area contributed by atoms with Crippen LogP contribution >= 0.6 is 12.6 Å². The van der Waals surface area contributed by atoms with Crippen LogP contribution in [0.25, 0.3) is 0 Å². The van der Waals surface area contributed by atoms with Crippen molar-refractivity contribution in [3.05, 3.63) is 0 Å². The van der Waals surface area contributed by atoms with Gasteiger partial charge in [0.1, 0.15) is 18.1 Å². The summed E-state index contributed by atoms with van der Waals surface area (Å²) in [7, 11) is 0. The van der Waals surface area contributed by atoms with Crippen molar-refractivity contribution in [2.45, 2.75) is 43.9 Å². The lowest BCUT2D eigenvalue weighted by atomic mass is 10.1. The molecule has 0 radical (unpaired) electrons. The molecule has 0 rings (SSSR count). The van der Waals surface area contributed by atoms with E-state index in [9.17, 15) is 28.8 Å². The number of nitrogens with one attached hydrogen (secondary N) is 3. The molecule has 158 valence electrons. The summed E-state index contributed by atoms with van der Waals surface area (Å²) in [5, 5.41) is 32.6. The molecular weight excluding hydrogens is 400 g/mol. The van der Waals surface area contributed by atoms with E-state index in [1.165, 1.54) is 6.92 Å². The Labute approximate surface area is 164 Å². The van der Waals surface area contributed by atoms with Crippen molar-refractivity contribution in [1.82, 2.24) is 16.0 Å². The van der Waals surface area contributed by atoms with Gasteiger partial charge in [0.25, 0.3) is 0 Å². The molecule has 0 heterocycles. The summed E-state index contributed by atoms with van der Waals surface area (Å²) in [4.78, 5) is 68.3. The Morgan fingerprint density at radius 3 is 1.75 bits per heavy atom. The van der Waals surface area contributed by atoms with Crippen molar-refractivity contribution >= 4 is 48.3 Å². The Hall–Kier alpha value is -2.87. The number of rotatable bonds is 12. The van der Waals surface area contributed by atoms with Gasteiger partial charge >= 0.3 is 17.9 Å². The topological polar surface area (TPSA) is 225 Å². The normalized spacial score (nSPS) is 14.7. The minimum atomic E-state index is -1.64. The van der Waals surface area contributed by atoms with Gasteiger partial charge in [-0.3, -0.25) is 24.0 Å². The molecule has 13 nitrogen and oxygen atoms in total. The third-order valence-corrected chi connectivity index (χ3v) is 3.66. The molecule has 0 spiro atoms. The Bertz CT molecular complexity index is 642. The van der Waals surface area contributed by atoms with E-state index < -0.39 is 72.6 Å². The number of carbonyl (C=O) groups is 6. The number of carboxylic acid groups (broad SMARTS) is 3. The third kappa shape index (κ3) is 9.18. The number of aliphatic carboxylic acids is 3. The number of carbonyl (C=O) groups excluding carboxylic acids is 3. The Morgan fingerprint density at radius 2 is 1.32 bits per heavy atom. The van der Waals surface area contributed by atoms with Crippen LogP contribution in [0.15, 0.2) is 0 Å². The molecule has 0 saturated carbocycles. The summed E-state index contributed by atoms with van der Waals surface area (Å²) in [5.74, 6) is -7.38. The number of hydrogen-bond acceptors (Lipinski definition) is 8. The van der Waals surface area contributed by atoms with Gasteiger partial charge < -0.3 is 37.0 Å². The van der Waals surface area contributed by atoms with E-state index >= 15 is 0 Å².